The first-order chi connectivity index (χ1) is 13.6. The first-order valence-corrected chi connectivity index (χ1v) is 10.1. The minimum atomic E-state index is -0.537. The Labute approximate surface area is 171 Å². The summed E-state index contributed by atoms with van der Waals surface area (Å²) in [6.45, 7) is 8.96. The number of aromatic nitrogens is 1. The Balaban J connectivity index is 1.62. The number of likely N-dealkylation sites (tertiary alicyclic amines) is 1. The second-order valence-corrected chi connectivity index (χ2v) is 8.75. The molecule has 0 aromatic carbocycles. The van der Waals surface area contributed by atoms with Crippen molar-refractivity contribution < 1.29 is 19.1 Å². The van der Waals surface area contributed by atoms with Crippen molar-refractivity contribution in [2.75, 3.05) is 19.6 Å². The van der Waals surface area contributed by atoms with Crippen LogP contribution in [0.3, 0.4) is 0 Å². The number of rotatable bonds is 2. The van der Waals surface area contributed by atoms with Gasteiger partial charge in [0.25, 0.3) is 0 Å². The number of amides is 3. The van der Waals surface area contributed by atoms with Gasteiger partial charge in [-0.15, -0.1) is 0 Å². The zero-order valence-electron chi connectivity index (χ0n) is 17.6. The third-order valence-electron chi connectivity index (χ3n) is 5.29. The fourth-order valence-corrected chi connectivity index (χ4v) is 3.85. The summed E-state index contributed by atoms with van der Waals surface area (Å²) < 4.78 is 5.31. The Kier molecular flexibility index (Phi) is 6.10. The van der Waals surface area contributed by atoms with Crippen molar-refractivity contribution in [3.05, 3.63) is 29.6 Å². The molecule has 0 aliphatic carbocycles. The highest BCUT2D eigenvalue weighted by molar-refractivity contribution is 5.85. The minimum absolute atomic E-state index is 0.00776. The molecular formula is C21H30N4O4. The summed E-state index contributed by atoms with van der Waals surface area (Å²) in [5.41, 5.74) is 1.16. The van der Waals surface area contributed by atoms with Crippen LogP contribution >= 0.6 is 0 Å². The van der Waals surface area contributed by atoms with Crippen molar-refractivity contribution in [3.8, 4) is 0 Å². The molecule has 1 fully saturated rings. The lowest BCUT2D eigenvalue weighted by Gasteiger charge is -2.38. The lowest BCUT2D eigenvalue weighted by molar-refractivity contribution is -0.137. The Hall–Kier alpha value is -2.64. The minimum Gasteiger partial charge on any atom is -0.444 e. The molecule has 1 aromatic heterocycles. The fourth-order valence-electron chi connectivity index (χ4n) is 3.85. The van der Waals surface area contributed by atoms with Crippen molar-refractivity contribution >= 4 is 17.9 Å². The Morgan fingerprint density at radius 3 is 2.48 bits per heavy atom. The summed E-state index contributed by atoms with van der Waals surface area (Å²) in [6, 6.07) is 3.74. The highest BCUT2D eigenvalue weighted by Gasteiger charge is 2.36. The Bertz CT molecular complexity index is 781. The smallest absolute Gasteiger partial charge is 0.407 e. The molecule has 29 heavy (non-hydrogen) atoms. The number of nitrogens with zero attached hydrogens (tertiary/aromatic N) is 3. The van der Waals surface area contributed by atoms with E-state index in [1.54, 1.807) is 11.1 Å². The van der Waals surface area contributed by atoms with Crippen molar-refractivity contribution in [3.63, 3.8) is 0 Å². The first-order valence-electron chi connectivity index (χ1n) is 10.1. The van der Waals surface area contributed by atoms with E-state index in [4.69, 9.17) is 4.74 Å². The van der Waals surface area contributed by atoms with Gasteiger partial charge in [-0.3, -0.25) is 14.6 Å². The molecule has 0 radical (unpaired) electrons. The lowest BCUT2D eigenvalue weighted by Crippen LogP contribution is -2.50. The summed E-state index contributed by atoms with van der Waals surface area (Å²) >= 11 is 0. The molecule has 0 spiro atoms. The van der Waals surface area contributed by atoms with Crippen molar-refractivity contribution in [1.29, 1.82) is 0 Å². The van der Waals surface area contributed by atoms with E-state index in [0.29, 0.717) is 39.0 Å². The van der Waals surface area contributed by atoms with Crippen LogP contribution in [0, 0.1) is 0 Å². The van der Waals surface area contributed by atoms with Gasteiger partial charge in [-0.25, -0.2) is 4.79 Å². The molecule has 3 amide bonds. The van der Waals surface area contributed by atoms with Gasteiger partial charge in [0.05, 0.1) is 11.6 Å². The van der Waals surface area contributed by atoms with Crippen LogP contribution < -0.4 is 5.32 Å². The number of nitrogens with one attached hydrogen (secondary N) is 1. The van der Waals surface area contributed by atoms with Gasteiger partial charge in [-0.2, -0.15) is 0 Å². The second kappa shape index (κ2) is 8.39. The molecule has 158 valence electrons. The topological polar surface area (TPSA) is 91.8 Å². The third-order valence-corrected chi connectivity index (χ3v) is 5.29. The number of fused-ring (bicyclic) bond motifs is 1. The van der Waals surface area contributed by atoms with E-state index in [2.05, 4.69) is 10.3 Å². The van der Waals surface area contributed by atoms with Crippen LogP contribution in [0.5, 0.6) is 0 Å². The molecule has 3 heterocycles. The molecule has 3 rings (SSSR count). The van der Waals surface area contributed by atoms with Crippen LogP contribution in [0.4, 0.5) is 4.79 Å². The molecule has 1 atom stereocenters. The van der Waals surface area contributed by atoms with Gasteiger partial charge in [-0.1, -0.05) is 6.07 Å². The second-order valence-electron chi connectivity index (χ2n) is 8.75. The fraction of sp³-hybridized carbons (Fsp3) is 0.619. The third kappa shape index (κ3) is 5.25. The molecule has 1 N–H and O–H groups in total. The number of pyridine rings is 1. The predicted molar refractivity (Wildman–Crippen MR) is 107 cm³/mol. The number of ether oxygens (including phenoxy) is 1. The molecule has 1 saturated heterocycles. The molecule has 2 aliphatic rings. The van der Waals surface area contributed by atoms with Crippen LogP contribution in [0.2, 0.25) is 0 Å². The average Bonchev–Trinajstić information content (AvgIpc) is 2.65. The number of hydrogen-bond donors (Lipinski definition) is 1. The van der Waals surface area contributed by atoms with Crippen molar-refractivity contribution in [2.45, 2.75) is 64.6 Å². The molecule has 1 unspecified atom stereocenters. The maximum Gasteiger partial charge on any atom is 0.407 e. The van der Waals surface area contributed by atoms with E-state index in [1.165, 1.54) is 6.92 Å². The maximum absolute atomic E-state index is 13.2. The maximum atomic E-state index is 13.2. The Morgan fingerprint density at radius 1 is 1.17 bits per heavy atom. The van der Waals surface area contributed by atoms with Crippen LogP contribution in [-0.2, 0) is 20.9 Å². The van der Waals surface area contributed by atoms with Gasteiger partial charge < -0.3 is 19.9 Å². The van der Waals surface area contributed by atoms with E-state index in [9.17, 15) is 14.4 Å². The largest absolute Gasteiger partial charge is 0.444 e. The zero-order chi connectivity index (χ0) is 21.2. The molecule has 8 nitrogen and oxygen atoms in total. The van der Waals surface area contributed by atoms with E-state index < -0.39 is 17.6 Å². The van der Waals surface area contributed by atoms with E-state index in [1.807, 2.05) is 37.8 Å². The van der Waals surface area contributed by atoms with E-state index in [-0.39, 0.29) is 17.9 Å². The molecule has 0 saturated carbocycles. The SMILES string of the molecule is CC(=O)N1Cc2cccnc2C(C(=O)N2CCC(NC(=O)OC(C)(C)C)CC2)C1. The van der Waals surface area contributed by atoms with Gasteiger partial charge in [0.1, 0.15) is 5.60 Å². The summed E-state index contributed by atoms with van der Waals surface area (Å²) in [6.07, 6.45) is 2.61. The van der Waals surface area contributed by atoms with Gasteiger partial charge in [0.2, 0.25) is 11.8 Å². The first kappa shape index (κ1) is 21.1. The number of alkyl carbamates (subject to hydrolysis) is 1. The summed E-state index contributed by atoms with van der Waals surface area (Å²) in [4.78, 5) is 45.1. The summed E-state index contributed by atoms with van der Waals surface area (Å²) in [5.74, 6) is -0.497. The molecule has 0 bridgehead atoms. The molecule has 2 aliphatic heterocycles. The monoisotopic (exact) mass is 402 g/mol. The highest BCUT2D eigenvalue weighted by Crippen LogP contribution is 2.29. The van der Waals surface area contributed by atoms with Gasteiger partial charge in [0.15, 0.2) is 0 Å². The molecule has 1 aromatic rings. The average molecular weight is 402 g/mol. The highest BCUT2D eigenvalue weighted by atomic mass is 16.6. The number of hydrogen-bond acceptors (Lipinski definition) is 5. The van der Waals surface area contributed by atoms with Crippen LogP contribution in [0.1, 0.15) is 57.7 Å². The van der Waals surface area contributed by atoms with Crippen molar-refractivity contribution in [2.24, 2.45) is 0 Å². The number of carbonyl (C=O) groups is 3. The number of piperidine rings is 1. The molecular weight excluding hydrogens is 372 g/mol. The summed E-state index contributed by atoms with van der Waals surface area (Å²) in [5, 5.41) is 2.89. The van der Waals surface area contributed by atoms with Crippen LogP contribution in [0.15, 0.2) is 18.3 Å². The zero-order valence-corrected chi connectivity index (χ0v) is 17.6. The summed E-state index contributed by atoms with van der Waals surface area (Å²) in [7, 11) is 0. The van der Waals surface area contributed by atoms with Crippen molar-refractivity contribution in [1.82, 2.24) is 20.1 Å². The lowest BCUT2D eigenvalue weighted by atomic mass is 9.92. The number of carbonyl (C=O) groups excluding carboxylic acids is 3. The van der Waals surface area contributed by atoms with Gasteiger partial charge >= 0.3 is 6.09 Å². The Morgan fingerprint density at radius 2 is 1.86 bits per heavy atom. The quantitative estimate of drug-likeness (QED) is 0.817. The normalized spacial score (nSPS) is 20.1. The van der Waals surface area contributed by atoms with E-state index >= 15 is 0 Å². The van der Waals surface area contributed by atoms with E-state index in [0.717, 1.165) is 11.3 Å². The van der Waals surface area contributed by atoms with Gasteiger partial charge in [-0.05, 0) is 45.2 Å². The predicted octanol–water partition coefficient (Wildman–Crippen LogP) is 2.04. The van der Waals surface area contributed by atoms with Crippen LogP contribution in [-0.4, -0.2) is 64.0 Å². The van der Waals surface area contributed by atoms with Crippen LogP contribution in [0.25, 0.3) is 0 Å². The van der Waals surface area contributed by atoms with Gasteiger partial charge in [0, 0.05) is 45.3 Å². The molecule has 8 heteroatoms. The standard InChI is InChI=1S/C21H30N4O4/c1-14(26)25-12-15-6-5-9-22-18(15)17(13-25)19(27)24-10-7-16(8-11-24)23-20(28)29-21(2,3)4/h5-6,9,16-17H,7-8,10-13H2,1-4H3,(H,23,28).